The summed E-state index contributed by atoms with van der Waals surface area (Å²) < 4.78 is 12.9. The van der Waals surface area contributed by atoms with E-state index < -0.39 is 0 Å². The Morgan fingerprint density at radius 1 is 1.22 bits per heavy atom. The van der Waals surface area contributed by atoms with Crippen LogP contribution in [0.1, 0.15) is 33.3 Å². The van der Waals surface area contributed by atoms with Crippen LogP contribution in [-0.4, -0.2) is 35.1 Å². The van der Waals surface area contributed by atoms with E-state index in [9.17, 15) is 4.39 Å². The lowest BCUT2D eigenvalue weighted by molar-refractivity contribution is 0.176. The standard InChI is InChI=1S/C14H24FN3/c1-11(2)18(12(3)4)6-5-16-8-13-7-14(15)10-17-9-13/h7,9-12,16H,5-6,8H2,1-4H3. The van der Waals surface area contributed by atoms with Gasteiger partial charge in [0.25, 0.3) is 0 Å². The maximum Gasteiger partial charge on any atom is 0.141 e. The van der Waals surface area contributed by atoms with E-state index in [-0.39, 0.29) is 5.82 Å². The van der Waals surface area contributed by atoms with E-state index >= 15 is 0 Å². The van der Waals surface area contributed by atoms with Crippen LogP contribution in [0, 0.1) is 5.82 Å². The van der Waals surface area contributed by atoms with Crippen molar-refractivity contribution in [1.82, 2.24) is 15.2 Å². The monoisotopic (exact) mass is 253 g/mol. The molecule has 4 heteroatoms. The van der Waals surface area contributed by atoms with Gasteiger partial charge in [-0.05, 0) is 39.3 Å². The second kappa shape index (κ2) is 7.44. The SMILES string of the molecule is CC(C)N(CCNCc1cncc(F)c1)C(C)C. The third-order valence-electron chi connectivity index (χ3n) is 2.96. The maximum absolute atomic E-state index is 12.9. The first-order valence-electron chi connectivity index (χ1n) is 6.56. The Balaban J connectivity index is 2.30. The normalized spacial score (nSPS) is 11.8. The zero-order valence-corrected chi connectivity index (χ0v) is 11.8. The topological polar surface area (TPSA) is 28.2 Å². The predicted molar refractivity (Wildman–Crippen MR) is 72.9 cm³/mol. The minimum Gasteiger partial charge on any atom is -0.311 e. The fourth-order valence-corrected chi connectivity index (χ4v) is 2.11. The van der Waals surface area contributed by atoms with Gasteiger partial charge in [-0.3, -0.25) is 9.88 Å². The van der Waals surface area contributed by atoms with Gasteiger partial charge in [0.1, 0.15) is 5.82 Å². The molecule has 0 aromatic carbocycles. The lowest BCUT2D eigenvalue weighted by Crippen LogP contribution is -2.41. The Kier molecular flexibility index (Phi) is 6.22. The molecule has 3 nitrogen and oxygen atoms in total. The molecule has 0 radical (unpaired) electrons. The Morgan fingerprint density at radius 2 is 1.89 bits per heavy atom. The van der Waals surface area contributed by atoms with Gasteiger partial charge in [-0.25, -0.2) is 4.39 Å². The number of nitrogens with zero attached hydrogens (tertiary/aromatic N) is 2. The molecule has 0 unspecified atom stereocenters. The molecular weight excluding hydrogens is 229 g/mol. The molecule has 0 bridgehead atoms. The largest absolute Gasteiger partial charge is 0.311 e. The highest BCUT2D eigenvalue weighted by Crippen LogP contribution is 2.04. The number of hydrogen-bond donors (Lipinski definition) is 1. The highest BCUT2D eigenvalue weighted by Gasteiger charge is 2.11. The smallest absolute Gasteiger partial charge is 0.141 e. The van der Waals surface area contributed by atoms with E-state index in [1.807, 2.05) is 0 Å². The molecule has 0 atom stereocenters. The maximum atomic E-state index is 12.9. The van der Waals surface area contributed by atoms with Gasteiger partial charge in [0.2, 0.25) is 0 Å². The molecule has 0 fully saturated rings. The number of rotatable bonds is 7. The van der Waals surface area contributed by atoms with Crippen LogP contribution < -0.4 is 5.32 Å². The van der Waals surface area contributed by atoms with Crippen molar-refractivity contribution in [2.45, 2.75) is 46.3 Å². The van der Waals surface area contributed by atoms with Gasteiger partial charge in [0, 0.05) is 37.9 Å². The predicted octanol–water partition coefficient (Wildman–Crippen LogP) is 2.43. The van der Waals surface area contributed by atoms with E-state index in [2.05, 4.69) is 42.9 Å². The van der Waals surface area contributed by atoms with Gasteiger partial charge in [-0.2, -0.15) is 0 Å². The van der Waals surface area contributed by atoms with Crippen LogP contribution in [0.25, 0.3) is 0 Å². The van der Waals surface area contributed by atoms with Crippen LogP contribution in [0.3, 0.4) is 0 Å². The third-order valence-corrected chi connectivity index (χ3v) is 2.96. The first kappa shape index (κ1) is 15.1. The summed E-state index contributed by atoms with van der Waals surface area (Å²) >= 11 is 0. The lowest BCUT2D eigenvalue weighted by Gasteiger charge is -2.30. The van der Waals surface area contributed by atoms with E-state index in [0.29, 0.717) is 18.6 Å². The summed E-state index contributed by atoms with van der Waals surface area (Å²) in [4.78, 5) is 6.26. The van der Waals surface area contributed by atoms with Gasteiger partial charge in [-0.15, -0.1) is 0 Å². The second-order valence-electron chi connectivity index (χ2n) is 5.11. The molecule has 1 aromatic heterocycles. The van der Waals surface area contributed by atoms with E-state index in [0.717, 1.165) is 18.7 Å². The van der Waals surface area contributed by atoms with Crippen LogP contribution in [0.15, 0.2) is 18.5 Å². The molecule has 0 aliphatic carbocycles. The molecule has 102 valence electrons. The van der Waals surface area contributed by atoms with Crippen LogP contribution in [0.2, 0.25) is 0 Å². The first-order chi connectivity index (χ1) is 8.50. The van der Waals surface area contributed by atoms with Crippen molar-refractivity contribution >= 4 is 0 Å². The number of nitrogens with one attached hydrogen (secondary N) is 1. The molecule has 0 saturated carbocycles. The molecule has 0 aliphatic rings. The van der Waals surface area contributed by atoms with Crippen LogP contribution in [0.5, 0.6) is 0 Å². The van der Waals surface area contributed by atoms with Gasteiger partial charge in [0.15, 0.2) is 0 Å². The van der Waals surface area contributed by atoms with E-state index in [1.165, 1.54) is 12.3 Å². The number of hydrogen-bond acceptors (Lipinski definition) is 3. The number of halogens is 1. The quantitative estimate of drug-likeness (QED) is 0.756. The molecule has 1 aromatic rings. The Hall–Kier alpha value is -1.00. The zero-order chi connectivity index (χ0) is 13.5. The highest BCUT2D eigenvalue weighted by atomic mass is 19.1. The van der Waals surface area contributed by atoms with Crippen LogP contribution in [0.4, 0.5) is 4.39 Å². The third kappa shape index (κ3) is 5.10. The van der Waals surface area contributed by atoms with Gasteiger partial charge in [0.05, 0.1) is 6.20 Å². The van der Waals surface area contributed by atoms with Crippen LogP contribution in [-0.2, 0) is 6.54 Å². The number of pyridine rings is 1. The fraction of sp³-hybridized carbons (Fsp3) is 0.643. The molecule has 0 spiro atoms. The van der Waals surface area contributed by atoms with Crippen molar-refractivity contribution in [1.29, 1.82) is 0 Å². The fourth-order valence-electron chi connectivity index (χ4n) is 2.11. The average Bonchev–Trinajstić information content (AvgIpc) is 2.27. The highest BCUT2D eigenvalue weighted by molar-refractivity contribution is 5.09. The molecule has 1 N–H and O–H groups in total. The Bertz CT molecular complexity index is 345. The van der Waals surface area contributed by atoms with Gasteiger partial charge in [-0.1, -0.05) is 0 Å². The first-order valence-corrected chi connectivity index (χ1v) is 6.56. The molecular formula is C14H24FN3. The molecule has 0 aliphatic heterocycles. The second-order valence-corrected chi connectivity index (χ2v) is 5.11. The summed E-state index contributed by atoms with van der Waals surface area (Å²) in [5, 5.41) is 3.32. The van der Waals surface area contributed by atoms with Crippen molar-refractivity contribution in [3.8, 4) is 0 Å². The Labute approximate surface area is 109 Å². The molecule has 0 amide bonds. The lowest BCUT2D eigenvalue weighted by atomic mass is 10.2. The summed E-state index contributed by atoms with van der Waals surface area (Å²) in [5.41, 5.74) is 0.885. The average molecular weight is 253 g/mol. The van der Waals surface area contributed by atoms with Crippen molar-refractivity contribution in [3.63, 3.8) is 0 Å². The molecule has 1 rings (SSSR count). The van der Waals surface area contributed by atoms with Gasteiger partial charge < -0.3 is 5.32 Å². The van der Waals surface area contributed by atoms with Gasteiger partial charge >= 0.3 is 0 Å². The molecule has 1 heterocycles. The molecule has 0 saturated heterocycles. The zero-order valence-electron chi connectivity index (χ0n) is 11.8. The minimum atomic E-state index is -0.278. The number of aromatic nitrogens is 1. The van der Waals surface area contributed by atoms with Crippen molar-refractivity contribution < 1.29 is 4.39 Å². The van der Waals surface area contributed by atoms with E-state index in [4.69, 9.17) is 0 Å². The van der Waals surface area contributed by atoms with Crippen LogP contribution >= 0.6 is 0 Å². The van der Waals surface area contributed by atoms with E-state index in [1.54, 1.807) is 6.20 Å². The molecule has 18 heavy (non-hydrogen) atoms. The van der Waals surface area contributed by atoms with Crippen molar-refractivity contribution in [2.75, 3.05) is 13.1 Å². The summed E-state index contributed by atoms with van der Waals surface area (Å²) in [6.45, 7) is 11.4. The summed E-state index contributed by atoms with van der Waals surface area (Å²) in [7, 11) is 0. The Morgan fingerprint density at radius 3 is 2.44 bits per heavy atom. The van der Waals surface area contributed by atoms with Crippen molar-refractivity contribution in [2.24, 2.45) is 0 Å². The summed E-state index contributed by atoms with van der Waals surface area (Å²) in [5.74, 6) is -0.278. The summed E-state index contributed by atoms with van der Waals surface area (Å²) in [6.07, 6.45) is 2.92. The van der Waals surface area contributed by atoms with Crippen molar-refractivity contribution in [3.05, 3.63) is 29.8 Å². The minimum absolute atomic E-state index is 0.278. The summed E-state index contributed by atoms with van der Waals surface area (Å²) in [6, 6.07) is 2.60.